The number of hydrogen-bond acceptors (Lipinski definition) is 1. The molecule has 0 bridgehead atoms. The first-order valence-electron chi connectivity index (χ1n) is 2.42. The van der Waals surface area contributed by atoms with E-state index in [1.165, 1.54) is 38.1 Å². The van der Waals surface area contributed by atoms with Crippen LogP contribution >= 0.6 is 0 Å². The van der Waals surface area contributed by atoms with Gasteiger partial charge in [-0.2, -0.15) is 0 Å². The molecule has 0 aromatic rings. The quantitative estimate of drug-likeness (QED) is 0.441. The normalized spacial score (nSPS) is 10.2. The van der Waals surface area contributed by atoms with Crippen LogP contribution in [-0.2, 0) is 0 Å². The van der Waals surface area contributed by atoms with Crippen molar-refractivity contribution >= 4 is 27.9 Å². The Bertz CT molecular complexity index is 28.7. The molecule has 0 rings (SSSR count). The summed E-state index contributed by atoms with van der Waals surface area (Å²) >= 11 is 1.35. The van der Waals surface area contributed by atoms with Gasteiger partial charge >= 0.3 is 57.1 Å². The van der Waals surface area contributed by atoms with Crippen LogP contribution in [0.3, 0.4) is 0 Å². The van der Waals surface area contributed by atoms with Gasteiger partial charge in [0.1, 0.15) is 0 Å². The Balaban J connectivity index is 2.63. The Hall–Kier alpha value is 0.960. The van der Waals surface area contributed by atoms with Crippen molar-refractivity contribution in [2.75, 3.05) is 20.6 Å². The van der Waals surface area contributed by atoms with Gasteiger partial charge in [0, 0.05) is 0 Å². The minimum absolute atomic E-state index is 1.27. The number of nitrogens with zero attached hydrogens (tertiary/aromatic N) is 1. The molecular formula is C4H10NNa. The monoisotopic (exact) mass is 95.1 g/mol. The molecule has 0 aliphatic rings. The summed E-state index contributed by atoms with van der Waals surface area (Å²) in [6, 6.07) is 0. The number of hydrogen-bond donors (Lipinski definition) is 0. The Morgan fingerprint density at radius 1 is 1.50 bits per heavy atom. The van der Waals surface area contributed by atoms with Crippen LogP contribution in [0.2, 0.25) is 3.67 Å². The van der Waals surface area contributed by atoms with E-state index < -0.39 is 0 Å². The fourth-order valence-corrected chi connectivity index (χ4v) is 1.34. The van der Waals surface area contributed by atoms with Crippen molar-refractivity contribution in [1.82, 2.24) is 4.90 Å². The van der Waals surface area contributed by atoms with Gasteiger partial charge in [-0.05, 0) is 0 Å². The van der Waals surface area contributed by atoms with E-state index in [1.807, 2.05) is 0 Å². The van der Waals surface area contributed by atoms with Crippen molar-refractivity contribution in [2.45, 2.75) is 3.67 Å². The van der Waals surface area contributed by atoms with E-state index in [9.17, 15) is 0 Å². The molecule has 0 aliphatic heterocycles. The molecule has 0 saturated carbocycles. The first kappa shape index (κ1) is 6.96. The van der Waals surface area contributed by atoms with Gasteiger partial charge in [0.05, 0.1) is 0 Å². The molecule has 0 aromatic carbocycles. The molecule has 2 heteroatoms. The fourth-order valence-electron chi connectivity index (χ4n) is 0.447. The molecule has 0 aromatic heterocycles. The second-order valence-electron chi connectivity index (χ2n) is 1.80. The van der Waals surface area contributed by atoms with E-state index >= 15 is 0 Å². The number of rotatable bonds is 2. The molecule has 0 N–H and O–H groups in total. The van der Waals surface area contributed by atoms with Crippen molar-refractivity contribution in [1.29, 1.82) is 0 Å². The van der Waals surface area contributed by atoms with Gasteiger partial charge in [0.15, 0.2) is 0 Å². The summed E-state index contributed by atoms with van der Waals surface area (Å²) in [7, 11) is 4.22. The van der Waals surface area contributed by atoms with Crippen molar-refractivity contribution in [3.05, 3.63) is 0 Å². The van der Waals surface area contributed by atoms with Gasteiger partial charge in [-0.15, -0.1) is 0 Å². The molecule has 0 radical (unpaired) electrons. The van der Waals surface area contributed by atoms with Gasteiger partial charge in [0.25, 0.3) is 0 Å². The van der Waals surface area contributed by atoms with E-state index in [0.717, 1.165) is 0 Å². The van der Waals surface area contributed by atoms with E-state index in [0.29, 0.717) is 0 Å². The zero-order valence-electron chi connectivity index (χ0n) is 4.86. The van der Waals surface area contributed by atoms with Crippen LogP contribution < -0.4 is 0 Å². The second-order valence-corrected chi connectivity index (χ2v) is 2.80. The zero-order valence-corrected chi connectivity index (χ0v) is 6.86. The molecule has 0 heterocycles. The summed E-state index contributed by atoms with van der Waals surface area (Å²) in [5, 5.41) is 0. The molecule has 0 spiro atoms. The van der Waals surface area contributed by atoms with Gasteiger partial charge in [0.2, 0.25) is 0 Å². The van der Waals surface area contributed by atoms with Gasteiger partial charge in [-0.1, -0.05) is 0 Å². The fraction of sp³-hybridized carbons (Fsp3) is 1.00. The first-order chi connectivity index (χ1) is 2.77. The summed E-state index contributed by atoms with van der Waals surface area (Å²) in [5.74, 6) is 0. The van der Waals surface area contributed by atoms with Crippen molar-refractivity contribution in [3.63, 3.8) is 0 Å². The van der Waals surface area contributed by atoms with Crippen molar-refractivity contribution < 1.29 is 0 Å². The van der Waals surface area contributed by atoms with E-state index in [-0.39, 0.29) is 0 Å². The molecule has 32 valence electrons. The Morgan fingerprint density at radius 2 is 2.00 bits per heavy atom. The van der Waals surface area contributed by atoms with E-state index in [2.05, 4.69) is 19.0 Å². The third-order valence-corrected chi connectivity index (χ3v) is 1.12. The van der Waals surface area contributed by atoms with Gasteiger partial charge in [-0.25, -0.2) is 0 Å². The summed E-state index contributed by atoms with van der Waals surface area (Å²) in [5.41, 5.74) is 0. The Labute approximate surface area is 57.1 Å². The minimum atomic E-state index is 1.27. The molecule has 0 aliphatic carbocycles. The standard InChI is InChI=1S/C4H10N.Na/c1-4-5(2)3;/h1,4H2,2-3H3;. The van der Waals surface area contributed by atoms with Crippen LogP contribution in [0.4, 0.5) is 0 Å². The molecule has 6 heavy (non-hydrogen) atoms. The summed E-state index contributed by atoms with van der Waals surface area (Å²) in [4.78, 5) is 2.22. The second kappa shape index (κ2) is 4.13. The van der Waals surface area contributed by atoms with Crippen LogP contribution in [0, 0.1) is 0 Å². The predicted octanol–water partition coefficient (Wildman–Crippen LogP) is 0.135. The molecule has 0 atom stereocenters. The van der Waals surface area contributed by atoms with Crippen LogP contribution in [0.1, 0.15) is 0 Å². The summed E-state index contributed by atoms with van der Waals surface area (Å²) in [6.07, 6.45) is 0. The maximum absolute atomic E-state index is 2.22. The van der Waals surface area contributed by atoms with Crippen LogP contribution in [0.5, 0.6) is 0 Å². The van der Waals surface area contributed by atoms with Crippen molar-refractivity contribution in [3.8, 4) is 0 Å². The average Bonchev–Trinajstić information content (AvgIpc) is 1.35. The maximum atomic E-state index is 2.22. The predicted molar refractivity (Wildman–Crippen MR) is 29.1 cm³/mol. The molecule has 0 saturated heterocycles. The van der Waals surface area contributed by atoms with Gasteiger partial charge < -0.3 is 0 Å². The Morgan fingerprint density at radius 3 is 2.00 bits per heavy atom. The average molecular weight is 95.1 g/mol. The first-order valence-corrected chi connectivity index (χ1v) is 3.83. The van der Waals surface area contributed by atoms with E-state index in [4.69, 9.17) is 0 Å². The molecular weight excluding hydrogens is 85.0 g/mol. The molecule has 0 unspecified atom stereocenters. The third-order valence-electron chi connectivity index (χ3n) is 0.671. The zero-order chi connectivity index (χ0) is 4.99. The SMILES string of the molecule is CN(C)C[CH2][Na]. The third kappa shape index (κ3) is 4.96. The van der Waals surface area contributed by atoms with Crippen LogP contribution in [0.25, 0.3) is 0 Å². The van der Waals surface area contributed by atoms with Gasteiger partial charge in [-0.3, -0.25) is 0 Å². The molecule has 0 fully saturated rings. The Kier molecular flexibility index (Phi) is 4.79. The summed E-state index contributed by atoms with van der Waals surface area (Å²) in [6.45, 7) is 1.27. The summed E-state index contributed by atoms with van der Waals surface area (Å²) < 4.78 is 1.40. The topological polar surface area (TPSA) is 3.24 Å². The molecule has 0 amide bonds. The van der Waals surface area contributed by atoms with Crippen LogP contribution in [0.15, 0.2) is 0 Å². The molecule has 1 nitrogen and oxygen atoms in total. The van der Waals surface area contributed by atoms with Crippen molar-refractivity contribution in [2.24, 2.45) is 0 Å². The van der Waals surface area contributed by atoms with Crippen LogP contribution in [-0.4, -0.2) is 53.5 Å². The van der Waals surface area contributed by atoms with E-state index in [1.54, 1.807) is 0 Å².